The first-order chi connectivity index (χ1) is 13.4. The summed E-state index contributed by atoms with van der Waals surface area (Å²) in [5.41, 5.74) is -1.88. The largest absolute Gasteiger partial charge is 0.465 e. The molecule has 0 atom stereocenters. The van der Waals surface area contributed by atoms with Crippen LogP contribution in [0.3, 0.4) is 0 Å². The first-order valence-electron chi connectivity index (χ1n) is 7.96. The van der Waals surface area contributed by atoms with Crippen molar-refractivity contribution >= 4 is 27.5 Å². The third kappa shape index (κ3) is 3.85. The number of hydrogen-bond donors (Lipinski definition) is 1. The number of para-hydroxylation sites is 1. The van der Waals surface area contributed by atoms with Crippen molar-refractivity contribution in [2.75, 3.05) is 11.8 Å². The SMILES string of the molecule is COC(=O)c1cccc(C(F)(F)F)c1NS(=O)(=O)c1nc2nc(C)cc(C)n2n1. The van der Waals surface area contributed by atoms with Gasteiger partial charge in [-0.25, -0.2) is 14.3 Å². The molecule has 0 aliphatic carbocycles. The maximum absolute atomic E-state index is 13.4. The second-order valence-electron chi connectivity index (χ2n) is 5.97. The summed E-state index contributed by atoms with van der Waals surface area (Å²) >= 11 is 0. The monoisotopic (exact) mass is 429 g/mol. The summed E-state index contributed by atoms with van der Waals surface area (Å²) < 4.78 is 73.0. The molecule has 0 saturated carbocycles. The second kappa shape index (κ2) is 6.99. The van der Waals surface area contributed by atoms with Crippen molar-refractivity contribution < 1.29 is 31.1 Å². The zero-order valence-corrected chi connectivity index (χ0v) is 16.1. The van der Waals surface area contributed by atoms with Crippen LogP contribution in [0.5, 0.6) is 0 Å². The zero-order chi connectivity index (χ0) is 21.6. The topological polar surface area (TPSA) is 116 Å². The number of methoxy groups -OCH3 is 1. The Labute approximate surface area is 162 Å². The number of ether oxygens (including phenoxy) is 1. The van der Waals surface area contributed by atoms with E-state index in [0.29, 0.717) is 17.5 Å². The van der Waals surface area contributed by atoms with Gasteiger partial charge in [0.2, 0.25) is 0 Å². The number of carbonyl (C=O) groups is 1. The Morgan fingerprint density at radius 2 is 1.90 bits per heavy atom. The minimum absolute atomic E-state index is 0.0415. The minimum Gasteiger partial charge on any atom is -0.465 e. The van der Waals surface area contributed by atoms with E-state index in [4.69, 9.17) is 0 Å². The van der Waals surface area contributed by atoms with Crippen molar-refractivity contribution in [2.45, 2.75) is 25.2 Å². The summed E-state index contributed by atoms with van der Waals surface area (Å²) in [6, 6.07) is 4.23. The van der Waals surface area contributed by atoms with Gasteiger partial charge in [-0.15, -0.1) is 5.10 Å². The predicted molar refractivity (Wildman–Crippen MR) is 93.8 cm³/mol. The summed E-state index contributed by atoms with van der Waals surface area (Å²) in [5, 5.41) is 3.00. The average molecular weight is 429 g/mol. The lowest BCUT2D eigenvalue weighted by Crippen LogP contribution is -2.21. The molecule has 3 aromatic rings. The third-order valence-electron chi connectivity index (χ3n) is 3.85. The highest BCUT2D eigenvalue weighted by atomic mass is 32.2. The van der Waals surface area contributed by atoms with Crippen molar-refractivity contribution in [1.82, 2.24) is 19.6 Å². The lowest BCUT2D eigenvalue weighted by Gasteiger charge is -2.16. The number of nitrogens with one attached hydrogen (secondary N) is 1. The van der Waals surface area contributed by atoms with Crippen LogP contribution in [-0.4, -0.2) is 41.1 Å². The number of aryl methyl sites for hydroxylation is 2. The van der Waals surface area contributed by atoms with Crippen LogP contribution >= 0.6 is 0 Å². The van der Waals surface area contributed by atoms with E-state index < -0.39 is 44.1 Å². The molecule has 3 rings (SSSR count). The fraction of sp³-hybridized carbons (Fsp3) is 0.250. The summed E-state index contributed by atoms with van der Waals surface area (Å²) in [6.45, 7) is 3.30. The predicted octanol–water partition coefficient (Wildman–Crippen LogP) is 2.35. The smallest absolute Gasteiger partial charge is 0.418 e. The molecule has 0 radical (unpaired) electrons. The van der Waals surface area contributed by atoms with Crippen molar-refractivity contribution in [3.05, 3.63) is 46.8 Å². The maximum Gasteiger partial charge on any atom is 0.418 e. The van der Waals surface area contributed by atoms with E-state index in [9.17, 15) is 26.4 Å². The van der Waals surface area contributed by atoms with E-state index in [-0.39, 0.29) is 5.78 Å². The standard InChI is InChI=1S/C16H14F3N5O4S/c1-8-7-9(2)24-14(20-8)21-15(22-24)29(26,27)23-12-10(13(25)28-3)5-4-6-11(12)16(17,18)19/h4-7,23H,1-3H3. The van der Waals surface area contributed by atoms with Crippen LogP contribution in [0.15, 0.2) is 29.4 Å². The number of carbonyl (C=O) groups excluding carboxylic acids is 1. The van der Waals surface area contributed by atoms with Crippen LogP contribution in [0.4, 0.5) is 18.9 Å². The molecule has 1 aromatic carbocycles. The number of hydrogen-bond acceptors (Lipinski definition) is 7. The molecule has 0 unspecified atom stereocenters. The Morgan fingerprint density at radius 1 is 1.21 bits per heavy atom. The fourth-order valence-corrected chi connectivity index (χ4v) is 3.59. The highest BCUT2D eigenvalue weighted by Gasteiger charge is 2.37. The lowest BCUT2D eigenvalue weighted by molar-refractivity contribution is -0.136. The third-order valence-corrected chi connectivity index (χ3v) is 4.98. The summed E-state index contributed by atoms with van der Waals surface area (Å²) in [4.78, 5) is 19.7. The van der Waals surface area contributed by atoms with Crippen molar-refractivity contribution in [2.24, 2.45) is 0 Å². The van der Waals surface area contributed by atoms with Crippen LogP contribution in [0.25, 0.3) is 5.78 Å². The van der Waals surface area contributed by atoms with E-state index in [2.05, 4.69) is 19.8 Å². The molecular formula is C16H14F3N5O4S. The van der Waals surface area contributed by atoms with Crippen LogP contribution in [-0.2, 0) is 20.9 Å². The number of anilines is 1. The Bertz CT molecular complexity index is 1220. The summed E-state index contributed by atoms with van der Waals surface area (Å²) in [7, 11) is -3.73. The molecule has 1 N–H and O–H groups in total. The number of halogens is 3. The van der Waals surface area contributed by atoms with Gasteiger partial charge in [0.1, 0.15) is 0 Å². The Morgan fingerprint density at radius 3 is 2.52 bits per heavy atom. The van der Waals surface area contributed by atoms with Crippen LogP contribution in [0.1, 0.15) is 27.3 Å². The molecule has 29 heavy (non-hydrogen) atoms. The quantitative estimate of drug-likeness (QED) is 0.633. The molecule has 2 heterocycles. The highest BCUT2D eigenvalue weighted by molar-refractivity contribution is 7.92. The van der Waals surface area contributed by atoms with E-state index in [1.54, 1.807) is 24.6 Å². The van der Waals surface area contributed by atoms with Crippen molar-refractivity contribution in [3.63, 3.8) is 0 Å². The second-order valence-corrected chi connectivity index (χ2v) is 7.54. The summed E-state index contributed by atoms with van der Waals surface area (Å²) in [6.07, 6.45) is -4.94. The Balaban J connectivity index is 2.16. The lowest BCUT2D eigenvalue weighted by atomic mass is 10.1. The molecule has 154 valence electrons. The van der Waals surface area contributed by atoms with Gasteiger partial charge in [-0.2, -0.15) is 26.6 Å². The number of sulfonamides is 1. The molecule has 0 spiro atoms. The van der Waals surface area contributed by atoms with Gasteiger partial charge in [0.05, 0.1) is 23.9 Å². The zero-order valence-electron chi connectivity index (χ0n) is 15.3. The number of nitrogens with zero attached hydrogens (tertiary/aromatic N) is 4. The molecule has 0 fully saturated rings. The Kier molecular flexibility index (Phi) is 4.94. The first-order valence-corrected chi connectivity index (χ1v) is 9.44. The molecule has 0 saturated heterocycles. The molecule has 13 heteroatoms. The number of benzene rings is 1. The molecule has 2 aromatic heterocycles. The van der Waals surface area contributed by atoms with Crippen molar-refractivity contribution in [1.29, 1.82) is 0 Å². The van der Waals surface area contributed by atoms with E-state index in [1.165, 1.54) is 0 Å². The molecule has 9 nitrogen and oxygen atoms in total. The molecule has 0 bridgehead atoms. The van der Waals surface area contributed by atoms with Crippen LogP contribution < -0.4 is 4.72 Å². The Hall–Kier alpha value is -3.22. The number of alkyl halides is 3. The molecule has 0 amide bonds. The van der Waals surface area contributed by atoms with Crippen LogP contribution in [0, 0.1) is 13.8 Å². The van der Waals surface area contributed by atoms with E-state index >= 15 is 0 Å². The van der Waals surface area contributed by atoms with Gasteiger partial charge < -0.3 is 4.74 Å². The normalized spacial score (nSPS) is 12.2. The van der Waals surface area contributed by atoms with Crippen LogP contribution in [0.2, 0.25) is 0 Å². The number of aromatic nitrogens is 4. The highest BCUT2D eigenvalue weighted by Crippen LogP contribution is 2.37. The van der Waals surface area contributed by atoms with Gasteiger partial charge in [0.25, 0.3) is 21.0 Å². The van der Waals surface area contributed by atoms with Gasteiger partial charge >= 0.3 is 12.1 Å². The molecule has 0 aliphatic heterocycles. The fourth-order valence-electron chi connectivity index (χ4n) is 2.62. The van der Waals surface area contributed by atoms with Gasteiger partial charge in [0.15, 0.2) is 0 Å². The molecule has 0 aliphatic rings. The van der Waals surface area contributed by atoms with Gasteiger partial charge in [-0.3, -0.25) is 4.72 Å². The van der Waals surface area contributed by atoms with E-state index in [0.717, 1.165) is 23.8 Å². The molecular weight excluding hydrogens is 415 g/mol. The maximum atomic E-state index is 13.4. The van der Waals surface area contributed by atoms with Gasteiger partial charge in [-0.05, 0) is 32.0 Å². The first kappa shape index (κ1) is 20.5. The number of fused-ring (bicyclic) bond motifs is 1. The minimum atomic E-state index is -4.94. The summed E-state index contributed by atoms with van der Waals surface area (Å²) in [5.74, 6) is -1.19. The van der Waals surface area contributed by atoms with Crippen molar-refractivity contribution in [3.8, 4) is 0 Å². The van der Waals surface area contributed by atoms with E-state index in [1.807, 2.05) is 0 Å². The van der Waals surface area contributed by atoms with Gasteiger partial charge in [-0.1, -0.05) is 6.07 Å². The van der Waals surface area contributed by atoms with Gasteiger partial charge in [0, 0.05) is 11.4 Å². The number of esters is 1. The average Bonchev–Trinajstić information content (AvgIpc) is 3.05. The number of rotatable bonds is 4.